The minimum Gasteiger partial charge on any atom is -0.411 e. The third-order valence-electron chi connectivity index (χ3n) is 2.61. The van der Waals surface area contributed by atoms with Gasteiger partial charge in [-0.1, -0.05) is 11.2 Å². The molecule has 1 N–H and O–H groups in total. The zero-order chi connectivity index (χ0) is 12.6. The van der Waals surface area contributed by atoms with E-state index in [0.717, 1.165) is 36.4 Å². The molecule has 0 aliphatic rings. The molecule has 2 heterocycles. The molecule has 19 heavy (non-hydrogen) atoms. The molecule has 0 bridgehead atoms. The van der Waals surface area contributed by atoms with E-state index in [1.54, 1.807) is 6.20 Å². The van der Waals surface area contributed by atoms with Crippen LogP contribution in [0.1, 0.15) is 29.1 Å². The lowest BCUT2D eigenvalue weighted by Crippen LogP contribution is -1.90. The van der Waals surface area contributed by atoms with Gasteiger partial charge in [0.2, 0.25) is 0 Å². The van der Waals surface area contributed by atoms with Crippen molar-refractivity contribution in [2.45, 2.75) is 25.7 Å². The topological polar surface area (TPSA) is 58.4 Å². The van der Waals surface area contributed by atoms with Crippen LogP contribution < -0.4 is 0 Å². The molecular formula is C13H16ClN3OS. The standard InChI is InChI=1S/C13H15N3OS.ClH/c17-15-9-13-16-12(10-18-13)6-2-1-4-11-5-3-7-14-8-11;/h3,5,7-10,17H,1-2,4,6H2;1H/b15-9-;. The fourth-order valence-electron chi connectivity index (χ4n) is 1.73. The summed E-state index contributed by atoms with van der Waals surface area (Å²) in [6.07, 6.45) is 9.34. The molecule has 6 heteroatoms. The average molecular weight is 298 g/mol. The average Bonchev–Trinajstić information content (AvgIpc) is 2.84. The third kappa shape index (κ3) is 5.36. The molecule has 0 amide bonds. The Kier molecular flexibility index (Phi) is 7.07. The highest BCUT2D eigenvalue weighted by Crippen LogP contribution is 2.11. The molecule has 2 aromatic heterocycles. The summed E-state index contributed by atoms with van der Waals surface area (Å²) in [5.41, 5.74) is 2.35. The van der Waals surface area contributed by atoms with Gasteiger partial charge in [0, 0.05) is 17.8 Å². The van der Waals surface area contributed by atoms with Crippen LogP contribution >= 0.6 is 23.7 Å². The second-order valence-electron chi connectivity index (χ2n) is 3.99. The number of hydrogen-bond acceptors (Lipinski definition) is 5. The van der Waals surface area contributed by atoms with E-state index in [4.69, 9.17) is 5.21 Å². The van der Waals surface area contributed by atoms with Gasteiger partial charge >= 0.3 is 0 Å². The number of aryl methyl sites for hydroxylation is 2. The number of thiazole rings is 1. The number of hydrogen-bond donors (Lipinski definition) is 1. The predicted molar refractivity (Wildman–Crippen MR) is 79.6 cm³/mol. The Bertz CT molecular complexity index is 502. The lowest BCUT2D eigenvalue weighted by molar-refractivity contribution is 0.322. The Labute approximate surface area is 122 Å². The van der Waals surface area contributed by atoms with E-state index < -0.39 is 0 Å². The van der Waals surface area contributed by atoms with Crippen molar-refractivity contribution in [3.63, 3.8) is 0 Å². The number of pyridine rings is 1. The molecule has 0 spiro atoms. The van der Waals surface area contributed by atoms with E-state index in [9.17, 15) is 0 Å². The van der Waals surface area contributed by atoms with Gasteiger partial charge < -0.3 is 5.21 Å². The smallest absolute Gasteiger partial charge is 0.138 e. The molecule has 2 rings (SSSR count). The quantitative estimate of drug-likeness (QED) is 0.385. The summed E-state index contributed by atoms with van der Waals surface area (Å²) >= 11 is 1.50. The number of rotatable bonds is 6. The van der Waals surface area contributed by atoms with E-state index in [2.05, 4.69) is 21.2 Å². The molecule has 102 valence electrons. The van der Waals surface area contributed by atoms with Crippen LogP contribution in [0.3, 0.4) is 0 Å². The summed E-state index contributed by atoms with van der Waals surface area (Å²) in [4.78, 5) is 8.44. The van der Waals surface area contributed by atoms with E-state index in [-0.39, 0.29) is 12.4 Å². The summed E-state index contributed by atoms with van der Waals surface area (Å²) in [6, 6.07) is 4.07. The minimum atomic E-state index is 0. The molecule has 4 nitrogen and oxygen atoms in total. The van der Waals surface area contributed by atoms with Crippen molar-refractivity contribution >= 4 is 30.0 Å². The highest BCUT2D eigenvalue weighted by Gasteiger charge is 2.00. The monoisotopic (exact) mass is 297 g/mol. The highest BCUT2D eigenvalue weighted by molar-refractivity contribution is 7.11. The maximum absolute atomic E-state index is 8.40. The van der Waals surface area contributed by atoms with Gasteiger partial charge in [-0.05, 0) is 37.3 Å². The first-order valence-corrected chi connectivity index (χ1v) is 6.77. The first kappa shape index (κ1) is 15.6. The van der Waals surface area contributed by atoms with Crippen LogP contribution in [-0.2, 0) is 12.8 Å². The Morgan fingerprint density at radius 2 is 2.16 bits per heavy atom. The third-order valence-corrected chi connectivity index (χ3v) is 3.44. The summed E-state index contributed by atoms with van der Waals surface area (Å²) in [5.74, 6) is 0. The zero-order valence-electron chi connectivity index (χ0n) is 10.4. The molecule has 2 aromatic rings. The number of unbranched alkanes of at least 4 members (excludes halogenated alkanes) is 1. The van der Waals surface area contributed by atoms with E-state index >= 15 is 0 Å². The van der Waals surface area contributed by atoms with Crippen molar-refractivity contribution in [2.24, 2.45) is 5.16 Å². The first-order chi connectivity index (χ1) is 8.88. The van der Waals surface area contributed by atoms with Crippen LogP contribution in [0.4, 0.5) is 0 Å². The van der Waals surface area contributed by atoms with Crippen LogP contribution in [0.5, 0.6) is 0 Å². The Morgan fingerprint density at radius 3 is 2.89 bits per heavy atom. The lowest BCUT2D eigenvalue weighted by Gasteiger charge is -1.99. The van der Waals surface area contributed by atoms with Crippen molar-refractivity contribution in [3.05, 3.63) is 46.2 Å². The minimum absolute atomic E-state index is 0. The second-order valence-corrected chi connectivity index (χ2v) is 4.88. The molecule has 0 saturated heterocycles. The summed E-state index contributed by atoms with van der Waals surface area (Å²) in [6.45, 7) is 0. The largest absolute Gasteiger partial charge is 0.411 e. The Balaban J connectivity index is 0.00000180. The maximum Gasteiger partial charge on any atom is 0.138 e. The molecule has 0 aliphatic carbocycles. The van der Waals surface area contributed by atoms with Crippen LogP contribution in [0.2, 0.25) is 0 Å². The SMILES string of the molecule is Cl.O/N=C\c1nc(CCCCc2cccnc2)cs1. The molecular weight excluding hydrogens is 282 g/mol. The molecule has 0 radical (unpaired) electrons. The van der Waals surface area contributed by atoms with Gasteiger partial charge in [0.25, 0.3) is 0 Å². The second kappa shape index (κ2) is 8.61. The van der Waals surface area contributed by atoms with Gasteiger partial charge in [-0.25, -0.2) is 4.98 Å². The number of aromatic nitrogens is 2. The van der Waals surface area contributed by atoms with E-state index in [1.807, 2.05) is 17.6 Å². The first-order valence-electron chi connectivity index (χ1n) is 5.89. The fraction of sp³-hybridized carbons (Fsp3) is 0.308. The summed E-state index contributed by atoms with van der Waals surface area (Å²) < 4.78 is 0. The van der Waals surface area contributed by atoms with E-state index in [1.165, 1.54) is 23.1 Å². The number of halogens is 1. The van der Waals surface area contributed by atoms with E-state index in [0.29, 0.717) is 0 Å². The molecule has 0 unspecified atom stereocenters. The van der Waals surface area contributed by atoms with Crippen molar-refractivity contribution in [1.82, 2.24) is 9.97 Å². The van der Waals surface area contributed by atoms with Crippen LogP contribution in [0.15, 0.2) is 35.1 Å². The van der Waals surface area contributed by atoms with Crippen LogP contribution in [-0.4, -0.2) is 21.4 Å². The van der Waals surface area contributed by atoms with Crippen molar-refractivity contribution in [3.8, 4) is 0 Å². The van der Waals surface area contributed by atoms with Gasteiger partial charge in [0.1, 0.15) is 11.2 Å². The van der Waals surface area contributed by atoms with Crippen LogP contribution in [0, 0.1) is 0 Å². The normalized spacial score (nSPS) is 10.5. The summed E-state index contributed by atoms with van der Waals surface area (Å²) in [7, 11) is 0. The summed E-state index contributed by atoms with van der Waals surface area (Å²) in [5, 5.41) is 14.1. The molecule has 0 fully saturated rings. The van der Waals surface area contributed by atoms with Crippen molar-refractivity contribution in [2.75, 3.05) is 0 Å². The van der Waals surface area contributed by atoms with Gasteiger partial charge in [-0.3, -0.25) is 4.98 Å². The number of nitrogens with zero attached hydrogens (tertiary/aromatic N) is 3. The van der Waals surface area contributed by atoms with Gasteiger partial charge in [-0.15, -0.1) is 23.7 Å². The molecule has 0 aliphatic heterocycles. The van der Waals surface area contributed by atoms with Gasteiger partial charge in [0.05, 0.1) is 5.69 Å². The predicted octanol–water partition coefficient (Wildman–Crippen LogP) is 3.33. The van der Waals surface area contributed by atoms with Crippen LogP contribution in [0.25, 0.3) is 0 Å². The van der Waals surface area contributed by atoms with Crippen molar-refractivity contribution in [1.29, 1.82) is 0 Å². The maximum atomic E-state index is 8.40. The highest BCUT2D eigenvalue weighted by atomic mass is 35.5. The Morgan fingerprint density at radius 1 is 1.32 bits per heavy atom. The fourth-order valence-corrected chi connectivity index (χ4v) is 2.43. The Hall–Kier alpha value is -1.46. The lowest BCUT2D eigenvalue weighted by atomic mass is 10.1. The van der Waals surface area contributed by atoms with Crippen molar-refractivity contribution < 1.29 is 5.21 Å². The zero-order valence-corrected chi connectivity index (χ0v) is 12.0. The molecule has 0 aromatic carbocycles. The molecule has 0 atom stereocenters. The van der Waals surface area contributed by atoms with Gasteiger partial charge in [-0.2, -0.15) is 0 Å². The molecule has 0 saturated carbocycles. The number of oxime groups is 1. The van der Waals surface area contributed by atoms with Gasteiger partial charge in [0.15, 0.2) is 0 Å².